The van der Waals surface area contributed by atoms with Crippen LogP contribution >= 0.6 is 11.3 Å². The first-order valence-corrected chi connectivity index (χ1v) is 33.6. The summed E-state index contributed by atoms with van der Waals surface area (Å²) in [7, 11) is 0. The highest BCUT2D eigenvalue weighted by Gasteiger charge is 2.59. The standard InChI is InChI=1S/C80H92BN3S/c1-72(2,3)51-26-28-52(29-27-51)82-65-47-60-59(76(10,11)38-39-77(60,12)13)46-63(65)81-69-66(82)43-54(84-64-32-25-50(49-23-19-18-20-24-49)41-62(64)79(16)33-21-22-34-80(79,84)17)44-67(69)83(53-30-31-56-57(42-53)74(6,7)36-35-73(56,4)5)70-55-45-58-61(48-68(55)85-71(70)81)78(14,15)40-37-75(58,8)9/h18-20,23-32,41-48H,21-22,33-40H2,1-17H3. The van der Waals surface area contributed by atoms with Crippen molar-refractivity contribution in [3.05, 3.63) is 172 Å². The van der Waals surface area contributed by atoms with E-state index in [0.717, 1.165) is 12.8 Å². The van der Waals surface area contributed by atoms with Crippen LogP contribution in [-0.2, 0) is 43.3 Å². The van der Waals surface area contributed by atoms with Gasteiger partial charge in [0.25, 0.3) is 6.71 Å². The van der Waals surface area contributed by atoms with Gasteiger partial charge in [-0.25, -0.2) is 0 Å². The van der Waals surface area contributed by atoms with Crippen LogP contribution in [-0.4, -0.2) is 12.3 Å². The van der Waals surface area contributed by atoms with E-state index in [0.29, 0.717) is 0 Å². The van der Waals surface area contributed by atoms with Crippen molar-refractivity contribution in [2.75, 3.05) is 14.7 Å². The Kier molecular flexibility index (Phi) is 11.6. The summed E-state index contributed by atoms with van der Waals surface area (Å²) in [4.78, 5) is 8.48. The van der Waals surface area contributed by atoms with E-state index in [2.05, 4.69) is 271 Å². The summed E-state index contributed by atoms with van der Waals surface area (Å²) in [5, 5.41) is 1.41. The van der Waals surface area contributed by atoms with Gasteiger partial charge in [0.05, 0.1) is 11.2 Å². The number of rotatable bonds is 4. The number of benzene rings is 7. The first-order valence-electron chi connectivity index (χ1n) is 32.8. The minimum atomic E-state index is -0.178. The zero-order valence-electron chi connectivity index (χ0n) is 54.5. The lowest BCUT2D eigenvalue weighted by Crippen LogP contribution is -2.61. The fourth-order valence-corrected chi connectivity index (χ4v) is 19.4. The zero-order valence-corrected chi connectivity index (χ0v) is 55.3. The molecular weight excluding hydrogens is 1050 g/mol. The van der Waals surface area contributed by atoms with Gasteiger partial charge in [0.15, 0.2) is 0 Å². The molecule has 7 aromatic carbocycles. The van der Waals surface area contributed by atoms with Gasteiger partial charge in [0.2, 0.25) is 0 Å². The molecule has 1 aromatic heterocycles. The van der Waals surface area contributed by atoms with Gasteiger partial charge >= 0.3 is 0 Å². The molecule has 4 heterocycles. The summed E-state index contributed by atoms with van der Waals surface area (Å²) < 4.78 is 2.90. The first kappa shape index (κ1) is 55.5. The predicted octanol–water partition coefficient (Wildman–Crippen LogP) is 20.7. The van der Waals surface area contributed by atoms with Gasteiger partial charge in [0, 0.05) is 60.1 Å². The number of hydrogen-bond acceptors (Lipinski definition) is 4. The van der Waals surface area contributed by atoms with Crippen molar-refractivity contribution < 1.29 is 0 Å². The third-order valence-corrected chi connectivity index (χ3v) is 25.4. The third-order valence-electron chi connectivity index (χ3n) is 24.1. The van der Waals surface area contributed by atoms with Crippen LogP contribution in [0.15, 0.2) is 127 Å². The lowest BCUT2D eigenvalue weighted by atomic mass is 9.35. The lowest BCUT2D eigenvalue weighted by molar-refractivity contribution is 0.195. The molecule has 3 nitrogen and oxygen atoms in total. The number of hydrogen-bond donors (Lipinski definition) is 0. The average Bonchev–Trinajstić information content (AvgIpc) is 1.68. The summed E-state index contributed by atoms with van der Waals surface area (Å²) in [6, 6.07) is 52.5. The van der Waals surface area contributed by atoms with Gasteiger partial charge in [-0.2, -0.15) is 0 Å². The molecule has 8 aromatic rings. The van der Waals surface area contributed by atoms with Gasteiger partial charge in [-0.15, -0.1) is 11.3 Å². The maximum Gasteiger partial charge on any atom is 0.264 e. The lowest BCUT2D eigenvalue weighted by Gasteiger charge is -2.51. The van der Waals surface area contributed by atoms with Gasteiger partial charge in [-0.3, -0.25) is 0 Å². The van der Waals surface area contributed by atoms with E-state index in [9.17, 15) is 0 Å². The Morgan fingerprint density at radius 3 is 1.58 bits per heavy atom. The molecule has 0 saturated heterocycles. The molecule has 4 aliphatic carbocycles. The van der Waals surface area contributed by atoms with Crippen LogP contribution in [0.25, 0.3) is 21.2 Å². The topological polar surface area (TPSA) is 9.72 Å². The second kappa shape index (κ2) is 17.8. The molecular formula is C80H92BN3S. The second-order valence-electron chi connectivity index (χ2n) is 33.2. The van der Waals surface area contributed by atoms with Crippen LogP contribution in [0.2, 0.25) is 0 Å². The van der Waals surface area contributed by atoms with Crippen LogP contribution in [0.5, 0.6) is 0 Å². The second-order valence-corrected chi connectivity index (χ2v) is 34.3. The normalized spacial score (nSPS) is 23.9. The highest BCUT2D eigenvalue weighted by Crippen LogP contribution is 2.63. The molecule has 2 atom stereocenters. The zero-order chi connectivity index (χ0) is 59.7. The Bertz CT molecular complexity index is 4120. The van der Waals surface area contributed by atoms with Gasteiger partial charge < -0.3 is 14.7 Å². The van der Waals surface area contributed by atoms with E-state index in [1.54, 1.807) is 5.56 Å². The minimum absolute atomic E-state index is 0.00909. The van der Waals surface area contributed by atoms with Gasteiger partial charge in [-0.1, -0.05) is 184 Å². The molecule has 0 spiro atoms. The molecule has 1 saturated carbocycles. The van der Waals surface area contributed by atoms with Crippen LogP contribution < -0.4 is 30.4 Å². The van der Waals surface area contributed by atoms with E-state index < -0.39 is 0 Å². The van der Waals surface area contributed by atoms with Crippen molar-refractivity contribution in [1.29, 1.82) is 0 Å². The largest absolute Gasteiger partial charge is 0.334 e. The molecule has 0 N–H and O–H groups in total. The van der Waals surface area contributed by atoms with Crippen molar-refractivity contribution in [2.45, 2.75) is 231 Å². The number of anilines is 8. The average molecular weight is 1140 g/mol. The Labute approximate surface area is 514 Å². The highest BCUT2D eigenvalue weighted by atomic mass is 32.1. The van der Waals surface area contributed by atoms with E-state index in [1.807, 2.05) is 0 Å². The fraction of sp³-hybridized carbons (Fsp3) is 0.450. The minimum Gasteiger partial charge on any atom is -0.334 e. The molecule has 0 radical (unpaired) electrons. The summed E-state index contributed by atoms with van der Waals surface area (Å²) >= 11 is 2.10. The van der Waals surface area contributed by atoms with E-state index in [1.165, 1.54) is 173 Å². The van der Waals surface area contributed by atoms with Crippen molar-refractivity contribution in [2.24, 2.45) is 0 Å². The van der Waals surface area contributed by atoms with Crippen molar-refractivity contribution in [3.8, 4) is 11.1 Å². The Morgan fingerprint density at radius 2 is 0.953 bits per heavy atom. The summed E-state index contributed by atoms with van der Waals surface area (Å²) in [6.07, 6.45) is 11.8. The molecule has 436 valence electrons. The third kappa shape index (κ3) is 7.88. The van der Waals surface area contributed by atoms with E-state index in [-0.39, 0.29) is 55.6 Å². The molecule has 3 aliphatic heterocycles. The van der Waals surface area contributed by atoms with Crippen LogP contribution in [0.4, 0.5) is 45.5 Å². The molecule has 15 rings (SSSR count). The SMILES string of the molecule is CC(C)(C)c1ccc(N2c3cc4c(cc3B3c5sc6cc7c(cc6c5N(c5ccc6c(c5)C(C)(C)CCC6(C)C)c5cc(N6c8ccc(-c9ccccc9)cc8C8(C)CCCCC68C)cc2c53)C(C)(C)CCC7(C)C)C(C)(C)CCC4(C)C)cc1. The molecule has 85 heavy (non-hydrogen) atoms. The quantitative estimate of drug-likeness (QED) is 0.163. The summed E-state index contributed by atoms with van der Waals surface area (Å²) in [5.41, 5.74) is 28.1. The maximum atomic E-state index is 2.88. The molecule has 2 unspecified atom stereocenters. The molecule has 0 bridgehead atoms. The smallest absolute Gasteiger partial charge is 0.264 e. The number of fused-ring (bicyclic) bond motifs is 12. The van der Waals surface area contributed by atoms with Crippen molar-refractivity contribution in [3.63, 3.8) is 0 Å². The first-order chi connectivity index (χ1) is 39.9. The number of nitrogens with zero attached hydrogens (tertiary/aromatic N) is 3. The molecule has 5 heteroatoms. The van der Waals surface area contributed by atoms with Crippen LogP contribution in [0.3, 0.4) is 0 Å². The van der Waals surface area contributed by atoms with Crippen LogP contribution in [0, 0.1) is 0 Å². The van der Waals surface area contributed by atoms with Gasteiger partial charge in [-0.05, 0) is 229 Å². The van der Waals surface area contributed by atoms with Crippen molar-refractivity contribution in [1.82, 2.24) is 0 Å². The Hall–Kier alpha value is -6.04. The molecule has 1 fully saturated rings. The molecule has 0 amide bonds. The van der Waals surface area contributed by atoms with Crippen molar-refractivity contribution >= 4 is 89.3 Å². The maximum absolute atomic E-state index is 2.88. The summed E-state index contributed by atoms with van der Waals surface area (Å²) in [6.45, 7) is 42.5. The predicted molar refractivity (Wildman–Crippen MR) is 369 cm³/mol. The Morgan fingerprint density at radius 1 is 0.412 bits per heavy atom. The summed E-state index contributed by atoms with van der Waals surface area (Å²) in [5.74, 6) is 0. The van der Waals surface area contributed by atoms with E-state index in [4.69, 9.17) is 0 Å². The van der Waals surface area contributed by atoms with E-state index >= 15 is 0 Å². The van der Waals surface area contributed by atoms with Crippen LogP contribution in [0.1, 0.15) is 226 Å². The number of thiophene rings is 1. The highest BCUT2D eigenvalue weighted by molar-refractivity contribution is 7.33. The monoisotopic (exact) mass is 1140 g/mol. The molecule has 7 aliphatic rings. The fourth-order valence-electron chi connectivity index (χ4n) is 18.0. The van der Waals surface area contributed by atoms with Gasteiger partial charge in [0.1, 0.15) is 0 Å². The Balaban J connectivity index is 1.10.